The second-order valence-corrected chi connectivity index (χ2v) is 5.78. The lowest BCUT2D eigenvalue weighted by molar-refractivity contribution is 0.102. The highest BCUT2D eigenvalue weighted by Crippen LogP contribution is 2.20. The average molecular weight is 386 g/mol. The summed E-state index contributed by atoms with van der Waals surface area (Å²) in [6, 6.07) is 13.2. The number of anilines is 1. The van der Waals surface area contributed by atoms with Crippen molar-refractivity contribution in [1.29, 1.82) is 0 Å². The lowest BCUT2D eigenvalue weighted by Crippen LogP contribution is -2.12. The Balaban J connectivity index is 2.18. The van der Waals surface area contributed by atoms with Crippen molar-refractivity contribution in [3.63, 3.8) is 0 Å². The molecule has 4 heteroatoms. The highest BCUT2D eigenvalue weighted by Gasteiger charge is 2.11. The Labute approximate surface area is 131 Å². The normalized spacial score (nSPS) is 10.3. The SMILES string of the molecule is CCc1ccc(NC(=O)c2cc(I)ccc2Cl)cc1. The molecule has 0 unspecified atom stereocenters. The molecule has 0 fully saturated rings. The number of carbonyl (C=O) groups excluding carboxylic acids is 1. The minimum Gasteiger partial charge on any atom is -0.322 e. The van der Waals surface area contributed by atoms with Gasteiger partial charge in [-0.05, 0) is 64.9 Å². The number of amides is 1. The fourth-order valence-electron chi connectivity index (χ4n) is 1.69. The Morgan fingerprint density at radius 3 is 2.53 bits per heavy atom. The van der Waals surface area contributed by atoms with E-state index < -0.39 is 0 Å². The van der Waals surface area contributed by atoms with Gasteiger partial charge in [0.1, 0.15) is 0 Å². The van der Waals surface area contributed by atoms with Gasteiger partial charge in [-0.1, -0.05) is 30.7 Å². The molecule has 0 saturated heterocycles. The molecule has 1 N–H and O–H groups in total. The molecule has 0 bridgehead atoms. The summed E-state index contributed by atoms with van der Waals surface area (Å²) in [6.45, 7) is 2.10. The molecule has 0 aliphatic carbocycles. The van der Waals surface area contributed by atoms with E-state index in [4.69, 9.17) is 11.6 Å². The second-order valence-electron chi connectivity index (χ2n) is 4.13. The van der Waals surface area contributed by atoms with Gasteiger partial charge in [0, 0.05) is 9.26 Å². The molecule has 0 aliphatic rings. The predicted octanol–water partition coefficient (Wildman–Crippen LogP) is 4.76. The zero-order valence-corrected chi connectivity index (χ0v) is 13.3. The van der Waals surface area contributed by atoms with Gasteiger partial charge in [-0.2, -0.15) is 0 Å². The fourth-order valence-corrected chi connectivity index (χ4v) is 2.39. The summed E-state index contributed by atoms with van der Waals surface area (Å²) in [6.07, 6.45) is 0.983. The molecule has 2 aromatic rings. The van der Waals surface area contributed by atoms with Crippen molar-refractivity contribution in [1.82, 2.24) is 0 Å². The summed E-state index contributed by atoms with van der Waals surface area (Å²) in [5.41, 5.74) is 2.51. The summed E-state index contributed by atoms with van der Waals surface area (Å²) >= 11 is 8.20. The maximum absolute atomic E-state index is 12.1. The van der Waals surface area contributed by atoms with E-state index in [0.717, 1.165) is 15.7 Å². The maximum Gasteiger partial charge on any atom is 0.257 e. The maximum atomic E-state index is 12.1. The van der Waals surface area contributed by atoms with Crippen LogP contribution in [0.25, 0.3) is 0 Å². The Kier molecular flexibility index (Phi) is 4.82. The molecule has 0 heterocycles. The second kappa shape index (κ2) is 6.39. The van der Waals surface area contributed by atoms with Crippen LogP contribution in [0.4, 0.5) is 5.69 Å². The van der Waals surface area contributed by atoms with E-state index in [1.165, 1.54) is 5.56 Å². The number of hydrogen-bond donors (Lipinski definition) is 1. The van der Waals surface area contributed by atoms with Crippen LogP contribution in [0.15, 0.2) is 42.5 Å². The first-order valence-electron chi connectivity index (χ1n) is 5.95. The third-order valence-corrected chi connectivity index (χ3v) is 3.79. The summed E-state index contributed by atoms with van der Waals surface area (Å²) in [7, 11) is 0. The lowest BCUT2D eigenvalue weighted by Gasteiger charge is -2.08. The third-order valence-electron chi connectivity index (χ3n) is 2.79. The van der Waals surface area contributed by atoms with Crippen LogP contribution in [0.1, 0.15) is 22.8 Å². The van der Waals surface area contributed by atoms with Gasteiger partial charge in [0.2, 0.25) is 0 Å². The first-order chi connectivity index (χ1) is 9.10. The number of benzene rings is 2. The molecule has 98 valence electrons. The summed E-state index contributed by atoms with van der Waals surface area (Å²) in [5.74, 6) is -0.187. The van der Waals surface area contributed by atoms with Crippen LogP contribution in [0.5, 0.6) is 0 Å². The highest BCUT2D eigenvalue weighted by atomic mass is 127. The van der Waals surface area contributed by atoms with E-state index in [0.29, 0.717) is 10.6 Å². The molecule has 0 spiro atoms. The molecule has 19 heavy (non-hydrogen) atoms. The standard InChI is InChI=1S/C15H13ClINO/c1-2-10-3-6-12(7-4-10)18-15(19)13-9-11(17)5-8-14(13)16/h3-9H,2H2,1H3,(H,18,19). The molecule has 2 nitrogen and oxygen atoms in total. The van der Waals surface area contributed by atoms with Gasteiger partial charge in [-0.3, -0.25) is 4.79 Å². The molecule has 0 radical (unpaired) electrons. The molecule has 2 rings (SSSR count). The van der Waals surface area contributed by atoms with Gasteiger partial charge >= 0.3 is 0 Å². The van der Waals surface area contributed by atoms with Crippen LogP contribution in [-0.2, 0) is 6.42 Å². The van der Waals surface area contributed by atoms with Crippen LogP contribution < -0.4 is 5.32 Å². The Hall–Kier alpha value is -1.07. The van der Waals surface area contributed by atoms with E-state index >= 15 is 0 Å². The first-order valence-corrected chi connectivity index (χ1v) is 7.41. The fraction of sp³-hybridized carbons (Fsp3) is 0.133. The molecular weight excluding hydrogens is 373 g/mol. The zero-order chi connectivity index (χ0) is 13.8. The predicted molar refractivity (Wildman–Crippen MR) is 87.9 cm³/mol. The first kappa shape index (κ1) is 14.3. The van der Waals surface area contributed by atoms with Crippen molar-refractivity contribution in [3.8, 4) is 0 Å². The van der Waals surface area contributed by atoms with Gasteiger partial charge in [0.25, 0.3) is 5.91 Å². The number of halogens is 2. The van der Waals surface area contributed by atoms with Crippen LogP contribution in [0.2, 0.25) is 5.02 Å². The van der Waals surface area contributed by atoms with Crippen molar-refractivity contribution in [2.45, 2.75) is 13.3 Å². The van der Waals surface area contributed by atoms with Gasteiger partial charge in [-0.15, -0.1) is 0 Å². The molecule has 0 aliphatic heterocycles. The van der Waals surface area contributed by atoms with E-state index in [1.807, 2.05) is 30.3 Å². The van der Waals surface area contributed by atoms with Gasteiger partial charge < -0.3 is 5.32 Å². The Morgan fingerprint density at radius 2 is 1.89 bits per heavy atom. The number of carbonyl (C=O) groups is 1. The number of hydrogen-bond acceptors (Lipinski definition) is 1. The summed E-state index contributed by atoms with van der Waals surface area (Å²) < 4.78 is 0.980. The number of aryl methyl sites for hydroxylation is 1. The smallest absolute Gasteiger partial charge is 0.257 e. The number of nitrogens with one attached hydrogen (secondary N) is 1. The molecule has 0 saturated carbocycles. The third kappa shape index (κ3) is 3.70. The van der Waals surface area contributed by atoms with Crippen LogP contribution in [-0.4, -0.2) is 5.91 Å². The molecular formula is C15H13ClINO. The molecule has 2 aromatic carbocycles. The summed E-state index contributed by atoms with van der Waals surface area (Å²) in [4.78, 5) is 12.1. The van der Waals surface area contributed by atoms with E-state index in [2.05, 4.69) is 34.8 Å². The largest absolute Gasteiger partial charge is 0.322 e. The highest BCUT2D eigenvalue weighted by molar-refractivity contribution is 14.1. The zero-order valence-electron chi connectivity index (χ0n) is 10.4. The van der Waals surface area contributed by atoms with E-state index in [-0.39, 0.29) is 5.91 Å². The van der Waals surface area contributed by atoms with E-state index in [1.54, 1.807) is 12.1 Å². The van der Waals surface area contributed by atoms with Gasteiger partial charge in [0.15, 0.2) is 0 Å². The monoisotopic (exact) mass is 385 g/mol. The van der Waals surface area contributed by atoms with Gasteiger partial charge in [-0.25, -0.2) is 0 Å². The topological polar surface area (TPSA) is 29.1 Å². The van der Waals surface area contributed by atoms with E-state index in [9.17, 15) is 4.79 Å². The van der Waals surface area contributed by atoms with Crippen molar-refractivity contribution in [3.05, 3.63) is 62.2 Å². The van der Waals surface area contributed by atoms with Crippen molar-refractivity contribution in [2.24, 2.45) is 0 Å². The van der Waals surface area contributed by atoms with Crippen LogP contribution >= 0.6 is 34.2 Å². The average Bonchev–Trinajstić information content (AvgIpc) is 2.42. The quantitative estimate of drug-likeness (QED) is 0.758. The molecule has 0 atom stereocenters. The number of rotatable bonds is 3. The van der Waals surface area contributed by atoms with Crippen molar-refractivity contribution < 1.29 is 4.79 Å². The Bertz CT molecular complexity index is 596. The minimum absolute atomic E-state index is 0.187. The van der Waals surface area contributed by atoms with Crippen LogP contribution in [0.3, 0.4) is 0 Å². The lowest BCUT2D eigenvalue weighted by atomic mass is 10.1. The summed E-state index contributed by atoms with van der Waals surface area (Å²) in [5, 5.41) is 3.31. The van der Waals surface area contributed by atoms with Crippen LogP contribution in [0, 0.1) is 3.57 Å². The van der Waals surface area contributed by atoms with Gasteiger partial charge in [0.05, 0.1) is 10.6 Å². The minimum atomic E-state index is -0.187. The van der Waals surface area contributed by atoms with Crippen molar-refractivity contribution >= 4 is 45.8 Å². The Morgan fingerprint density at radius 1 is 1.21 bits per heavy atom. The van der Waals surface area contributed by atoms with Crippen molar-refractivity contribution in [2.75, 3.05) is 5.32 Å². The molecule has 1 amide bonds. The molecule has 0 aromatic heterocycles.